The van der Waals surface area contributed by atoms with Crippen LogP contribution >= 0.6 is 23.5 Å². The zero-order valence-electron chi connectivity index (χ0n) is 19.5. The zero-order valence-corrected chi connectivity index (χ0v) is 21.2. The number of carboxylic acids is 2. The molecule has 2 aliphatic heterocycles. The third-order valence-electron chi connectivity index (χ3n) is 6.42. The van der Waals surface area contributed by atoms with Gasteiger partial charge < -0.3 is 25.7 Å². The van der Waals surface area contributed by atoms with Crippen LogP contribution in [0.3, 0.4) is 0 Å². The summed E-state index contributed by atoms with van der Waals surface area (Å²) in [6.45, 7) is 1.40. The van der Waals surface area contributed by atoms with Crippen LogP contribution in [0.2, 0.25) is 0 Å². The molecule has 13 nitrogen and oxygen atoms in total. The molecule has 1 aromatic heterocycles. The van der Waals surface area contributed by atoms with Crippen LogP contribution in [0.4, 0.5) is 0 Å². The van der Waals surface area contributed by atoms with Crippen molar-refractivity contribution in [1.29, 1.82) is 0 Å². The average Bonchev–Trinajstić information content (AvgIpc) is 3.31. The van der Waals surface area contributed by atoms with Crippen molar-refractivity contribution in [1.82, 2.24) is 30.0 Å². The first-order chi connectivity index (χ1) is 17.2. The standard InChI is InChI=1S/C21H27N7O6S2/c1-12(7-22)16(31)28(13-5-3-2-4-6-13)15-17(32)26-9-21(19(33)34,10-35-18(15)26)11-36-20-23-24-25-27(20)8-14(29)30/h2-3,6,12,15,18H,4-5,7-11,22H2,1H3,(H,29,30)(H,33,34)/t12?,15?,18-,21?/m1/s1. The number of amides is 2. The molecule has 2 saturated heterocycles. The van der Waals surface area contributed by atoms with E-state index < -0.39 is 35.9 Å². The number of aliphatic carboxylic acids is 2. The third-order valence-corrected chi connectivity index (χ3v) is 9.24. The number of nitrogens with zero attached hydrogens (tertiary/aromatic N) is 6. The van der Waals surface area contributed by atoms with E-state index in [1.165, 1.54) is 16.7 Å². The van der Waals surface area contributed by atoms with Crippen LogP contribution in [0.1, 0.15) is 19.8 Å². The van der Waals surface area contributed by atoms with Gasteiger partial charge in [-0.05, 0) is 16.8 Å². The van der Waals surface area contributed by atoms with E-state index in [1.807, 2.05) is 18.2 Å². The highest BCUT2D eigenvalue weighted by molar-refractivity contribution is 8.00. The summed E-state index contributed by atoms with van der Waals surface area (Å²) >= 11 is 2.37. The summed E-state index contributed by atoms with van der Waals surface area (Å²) in [6.07, 6.45) is 7.09. The second-order valence-corrected chi connectivity index (χ2v) is 11.0. The fourth-order valence-corrected chi connectivity index (χ4v) is 7.08. The van der Waals surface area contributed by atoms with Gasteiger partial charge in [0.25, 0.3) is 0 Å². The van der Waals surface area contributed by atoms with Crippen LogP contribution < -0.4 is 5.73 Å². The van der Waals surface area contributed by atoms with E-state index in [-0.39, 0.29) is 46.9 Å². The van der Waals surface area contributed by atoms with E-state index in [0.717, 1.165) is 22.1 Å². The molecule has 36 heavy (non-hydrogen) atoms. The SMILES string of the molecule is CC(CN)C(=O)N(C1=CCC=CC1)C1C(=O)N2CC(CSc3nnnn3CC(=O)O)(C(=O)O)CS[C@H]12. The Hall–Kier alpha value is -2.91. The van der Waals surface area contributed by atoms with Crippen LogP contribution in [-0.4, -0.2) is 100.0 Å². The maximum absolute atomic E-state index is 13.4. The number of carbonyl (C=O) groups is 4. The van der Waals surface area contributed by atoms with Crippen LogP contribution in [0, 0.1) is 11.3 Å². The Kier molecular flexibility index (Phi) is 7.70. The maximum Gasteiger partial charge on any atom is 0.325 e. The fraction of sp³-hybridized carbons (Fsp3) is 0.571. The molecule has 4 rings (SSSR count). The number of aromatic nitrogens is 4. The highest BCUT2D eigenvalue weighted by atomic mass is 32.2. The number of thioether (sulfide) groups is 2. The number of carbonyl (C=O) groups excluding carboxylic acids is 2. The maximum atomic E-state index is 13.4. The molecule has 1 aliphatic carbocycles. The summed E-state index contributed by atoms with van der Waals surface area (Å²) in [6, 6.07) is -0.712. The predicted octanol–water partition coefficient (Wildman–Crippen LogP) is -0.138. The molecule has 194 valence electrons. The molecule has 2 fully saturated rings. The Morgan fingerprint density at radius 1 is 1.36 bits per heavy atom. The highest BCUT2D eigenvalue weighted by Crippen LogP contribution is 2.46. The van der Waals surface area contributed by atoms with Gasteiger partial charge in [-0.3, -0.25) is 19.2 Å². The topological polar surface area (TPSA) is 185 Å². The van der Waals surface area contributed by atoms with E-state index in [9.17, 15) is 24.3 Å². The van der Waals surface area contributed by atoms with Gasteiger partial charge in [-0.25, -0.2) is 4.68 Å². The molecule has 2 amide bonds. The van der Waals surface area contributed by atoms with Crippen molar-refractivity contribution < 1.29 is 29.4 Å². The number of rotatable bonds is 10. The van der Waals surface area contributed by atoms with Gasteiger partial charge in [0.05, 0.1) is 0 Å². The van der Waals surface area contributed by atoms with Crippen molar-refractivity contribution in [3.05, 3.63) is 23.9 Å². The van der Waals surface area contributed by atoms with Crippen LogP contribution in [-0.2, 0) is 25.7 Å². The van der Waals surface area contributed by atoms with Crippen LogP contribution in [0.5, 0.6) is 0 Å². The Balaban J connectivity index is 1.51. The third kappa shape index (κ3) is 4.86. The molecule has 3 heterocycles. The van der Waals surface area contributed by atoms with Crippen LogP contribution in [0.25, 0.3) is 0 Å². The first kappa shape index (κ1) is 26.2. The van der Waals surface area contributed by atoms with E-state index in [0.29, 0.717) is 12.8 Å². The van der Waals surface area contributed by atoms with E-state index in [1.54, 1.807) is 11.8 Å². The van der Waals surface area contributed by atoms with Crippen molar-refractivity contribution in [2.24, 2.45) is 17.1 Å². The number of β-lactam (4-membered cyclic amide) rings is 1. The van der Waals surface area contributed by atoms with Gasteiger partial charge in [0.2, 0.25) is 17.0 Å². The minimum Gasteiger partial charge on any atom is -0.481 e. The lowest BCUT2D eigenvalue weighted by molar-refractivity contribution is -0.165. The largest absolute Gasteiger partial charge is 0.481 e. The first-order valence-electron chi connectivity index (χ1n) is 11.3. The number of allylic oxidation sites excluding steroid dienone is 3. The summed E-state index contributed by atoms with van der Waals surface area (Å²) in [4.78, 5) is 53.1. The van der Waals surface area contributed by atoms with Crippen LogP contribution in [0.15, 0.2) is 29.1 Å². The van der Waals surface area contributed by atoms with Crippen molar-refractivity contribution >= 4 is 47.3 Å². The van der Waals surface area contributed by atoms with Gasteiger partial charge in [-0.1, -0.05) is 36.9 Å². The average molecular weight is 538 g/mol. The minimum atomic E-state index is -1.29. The summed E-state index contributed by atoms with van der Waals surface area (Å²) in [5.41, 5.74) is 5.22. The molecule has 0 bridgehead atoms. The summed E-state index contributed by atoms with van der Waals surface area (Å²) in [5, 5.41) is 29.8. The van der Waals surface area contributed by atoms with Gasteiger partial charge in [-0.15, -0.1) is 16.9 Å². The van der Waals surface area contributed by atoms with Gasteiger partial charge >= 0.3 is 11.9 Å². The Bertz CT molecular complexity index is 1120. The smallest absolute Gasteiger partial charge is 0.325 e. The number of tetrazole rings is 1. The normalized spacial score (nSPS) is 26.0. The Morgan fingerprint density at radius 2 is 2.14 bits per heavy atom. The molecule has 1 aromatic rings. The molecule has 0 radical (unpaired) electrons. The van der Waals surface area contributed by atoms with Gasteiger partial charge in [0.15, 0.2) is 0 Å². The molecule has 0 spiro atoms. The lowest BCUT2D eigenvalue weighted by Crippen LogP contribution is -2.74. The fourth-order valence-electron chi connectivity index (χ4n) is 4.30. The number of nitrogens with two attached hydrogens (primary N) is 1. The molecule has 3 unspecified atom stereocenters. The van der Waals surface area contributed by atoms with Gasteiger partial charge in [0.1, 0.15) is 23.4 Å². The summed E-state index contributed by atoms with van der Waals surface area (Å²) in [5.74, 6) is -2.93. The molecule has 15 heteroatoms. The minimum absolute atomic E-state index is 0.0315. The molecule has 0 saturated carbocycles. The number of fused-ring (bicyclic) bond motifs is 1. The second kappa shape index (κ2) is 10.6. The van der Waals surface area contributed by atoms with Gasteiger partial charge in [-0.2, -0.15) is 0 Å². The first-order valence-corrected chi connectivity index (χ1v) is 13.4. The van der Waals surface area contributed by atoms with E-state index in [2.05, 4.69) is 15.5 Å². The summed E-state index contributed by atoms with van der Waals surface area (Å²) in [7, 11) is 0. The quantitative estimate of drug-likeness (QED) is 0.204. The second-order valence-electron chi connectivity index (χ2n) is 8.95. The van der Waals surface area contributed by atoms with Crippen molar-refractivity contribution in [2.45, 2.75) is 42.9 Å². The lowest BCUT2D eigenvalue weighted by Gasteiger charge is -2.56. The summed E-state index contributed by atoms with van der Waals surface area (Å²) < 4.78 is 1.08. The monoisotopic (exact) mass is 537 g/mol. The molecular formula is C21H27N7O6S2. The van der Waals surface area contributed by atoms with Crippen molar-refractivity contribution in [2.75, 3.05) is 24.6 Å². The number of hydrogen-bond acceptors (Lipinski definition) is 10. The molecular weight excluding hydrogens is 510 g/mol. The van der Waals surface area contributed by atoms with Crippen molar-refractivity contribution in [3.8, 4) is 0 Å². The Labute approximate surface area is 215 Å². The zero-order chi connectivity index (χ0) is 26.0. The molecule has 3 aliphatic rings. The Morgan fingerprint density at radius 3 is 2.78 bits per heavy atom. The van der Waals surface area contributed by atoms with E-state index in [4.69, 9.17) is 10.8 Å². The molecule has 4 N–H and O–H groups in total. The molecule has 0 aromatic carbocycles. The molecule has 4 atom stereocenters. The number of hydrogen-bond donors (Lipinski definition) is 3. The van der Waals surface area contributed by atoms with Gasteiger partial charge in [0, 0.05) is 42.6 Å². The highest BCUT2D eigenvalue weighted by Gasteiger charge is 2.60. The number of carboxylic acid groups (broad SMARTS) is 2. The van der Waals surface area contributed by atoms with Crippen molar-refractivity contribution in [3.63, 3.8) is 0 Å². The van der Waals surface area contributed by atoms with E-state index >= 15 is 0 Å². The predicted molar refractivity (Wildman–Crippen MR) is 130 cm³/mol. The lowest BCUT2D eigenvalue weighted by atomic mass is 9.88.